The first-order chi connectivity index (χ1) is 9.86. The zero-order valence-corrected chi connectivity index (χ0v) is 12.8. The quantitative estimate of drug-likeness (QED) is 0.759. The topological polar surface area (TPSA) is 104 Å². The normalized spacial score (nSPS) is 21.9. The number of amides is 3. The third-order valence-corrected chi connectivity index (χ3v) is 4.03. The summed E-state index contributed by atoms with van der Waals surface area (Å²) in [5, 5.41) is 9.53. The lowest BCUT2D eigenvalue weighted by atomic mass is 9.76. The van der Waals surface area contributed by atoms with Gasteiger partial charge in [0.05, 0.1) is 5.41 Å². The summed E-state index contributed by atoms with van der Waals surface area (Å²) in [6, 6.07) is -0.308. The number of hydrogen-bond donors (Lipinski definition) is 2. The predicted octanol–water partition coefficient (Wildman–Crippen LogP) is 0.881. The van der Waals surface area contributed by atoms with E-state index >= 15 is 0 Å². The largest absolute Gasteiger partial charge is 0.481 e. The van der Waals surface area contributed by atoms with E-state index in [9.17, 15) is 19.5 Å². The molecule has 0 spiro atoms. The molecule has 1 heterocycles. The number of nitrogens with zero attached hydrogens (tertiary/aromatic N) is 2. The molecule has 1 rings (SSSR count). The first-order valence-corrected chi connectivity index (χ1v) is 7.42. The molecule has 21 heavy (non-hydrogen) atoms. The molecule has 1 atom stereocenters. The van der Waals surface area contributed by atoms with Gasteiger partial charge in [-0.15, -0.1) is 0 Å². The molecule has 1 saturated heterocycles. The first-order valence-electron chi connectivity index (χ1n) is 7.42. The maximum absolute atomic E-state index is 12.4. The van der Waals surface area contributed by atoms with E-state index in [2.05, 4.69) is 0 Å². The van der Waals surface area contributed by atoms with Crippen molar-refractivity contribution in [2.45, 2.75) is 39.5 Å². The summed E-state index contributed by atoms with van der Waals surface area (Å²) >= 11 is 0. The van der Waals surface area contributed by atoms with Gasteiger partial charge in [-0.3, -0.25) is 9.59 Å². The van der Waals surface area contributed by atoms with Gasteiger partial charge in [0.25, 0.3) is 0 Å². The number of hydrogen-bond acceptors (Lipinski definition) is 3. The van der Waals surface area contributed by atoms with Gasteiger partial charge in [-0.25, -0.2) is 4.79 Å². The van der Waals surface area contributed by atoms with Gasteiger partial charge in [0, 0.05) is 19.6 Å². The number of aliphatic carboxylic acids is 1. The van der Waals surface area contributed by atoms with Crippen molar-refractivity contribution in [1.82, 2.24) is 9.80 Å². The van der Waals surface area contributed by atoms with Gasteiger partial charge in [-0.2, -0.15) is 0 Å². The maximum Gasteiger partial charge on any atom is 0.320 e. The Morgan fingerprint density at radius 2 is 2.00 bits per heavy atom. The van der Waals surface area contributed by atoms with Crippen LogP contribution in [0.3, 0.4) is 0 Å². The van der Waals surface area contributed by atoms with Crippen LogP contribution in [0.2, 0.25) is 0 Å². The highest BCUT2D eigenvalue weighted by Crippen LogP contribution is 2.35. The van der Waals surface area contributed by atoms with E-state index in [1.807, 2.05) is 6.92 Å². The van der Waals surface area contributed by atoms with Crippen LogP contribution in [0.25, 0.3) is 0 Å². The Morgan fingerprint density at radius 1 is 1.33 bits per heavy atom. The van der Waals surface area contributed by atoms with Gasteiger partial charge in [-0.1, -0.05) is 13.3 Å². The van der Waals surface area contributed by atoms with Gasteiger partial charge in [0.1, 0.15) is 6.54 Å². The summed E-state index contributed by atoms with van der Waals surface area (Å²) in [4.78, 5) is 38.0. The molecule has 7 heteroatoms. The molecule has 0 saturated carbocycles. The van der Waals surface area contributed by atoms with Gasteiger partial charge in [-0.05, 0) is 26.2 Å². The molecule has 1 aliphatic heterocycles. The Morgan fingerprint density at radius 3 is 2.48 bits per heavy atom. The minimum absolute atomic E-state index is 0.139. The molecule has 1 fully saturated rings. The zero-order chi connectivity index (χ0) is 16.0. The molecular weight excluding hydrogens is 274 g/mol. The smallest absolute Gasteiger partial charge is 0.320 e. The van der Waals surface area contributed by atoms with Crippen LogP contribution in [-0.4, -0.2) is 59.0 Å². The van der Waals surface area contributed by atoms with Crippen molar-refractivity contribution in [3.63, 3.8) is 0 Å². The molecule has 120 valence electrons. The van der Waals surface area contributed by atoms with Crippen LogP contribution >= 0.6 is 0 Å². The van der Waals surface area contributed by atoms with Crippen molar-refractivity contribution in [3.05, 3.63) is 0 Å². The number of primary amides is 1. The standard InChI is InChI=1S/C14H25N3O4/c1-3-6-14(12(19)20)7-5-8-17(10-14)13(21)16(4-2)9-11(15)18/h3-10H2,1-2H3,(H2,15,18)(H,19,20). The first kappa shape index (κ1) is 17.3. The number of piperidine rings is 1. The lowest BCUT2D eigenvalue weighted by molar-refractivity contribution is -0.152. The number of carboxylic acids is 1. The summed E-state index contributed by atoms with van der Waals surface area (Å²) in [6.45, 7) is 4.65. The second-order valence-electron chi connectivity index (χ2n) is 5.62. The molecule has 3 amide bonds. The van der Waals surface area contributed by atoms with Crippen molar-refractivity contribution in [2.75, 3.05) is 26.2 Å². The monoisotopic (exact) mass is 299 g/mol. The summed E-state index contributed by atoms with van der Waals surface area (Å²) in [7, 11) is 0. The summed E-state index contributed by atoms with van der Waals surface area (Å²) < 4.78 is 0. The highest BCUT2D eigenvalue weighted by molar-refractivity contribution is 5.84. The number of nitrogens with two attached hydrogens (primary N) is 1. The third-order valence-electron chi connectivity index (χ3n) is 4.03. The molecule has 0 aromatic carbocycles. The number of carbonyl (C=O) groups excluding carboxylic acids is 2. The van der Waals surface area contributed by atoms with Crippen molar-refractivity contribution in [1.29, 1.82) is 0 Å². The Kier molecular flexibility index (Phi) is 5.99. The minimum Gasteiger partial charge on any atom is -0.481 e. The highest BCUT2D eigenvalue weighted by atomic mass is 16.4. The van der Waals surface area contributed by atoms with E-state index in [0.717, 1.165) is 6.42 Å². The predicted molar refractivity (Wildman–Crippen MR) is 77.6 cm³/mol. The number of carbonyl (C=O) groups is 3. The van der Waals surface area contributed by atoms with Crippen molar-refractivity contribution < 1.29 is 19.5 Å². The second-order valence-corrected chi connectivity index (χ2v) is 5.62. The average Bonchev–Trinajstić information content (AvgIpc) is 2.44. The lowest BCUT2D eigenvalue weighted by Crippen LogP contribution is -2.54. The van der Waals surface area contributed by atoms with Gasteiger partial charge < -0.3 is 20.6 Å². The van der Waals surface area contributed by atoms with E-state index in [1.54, 1.807) is 11.8 Å². The third kappa shape index (κ3) is 4.09. The summed E-state index contributed by atoms with van der Waals surface area (Å²) in [6.07, 6.45) is 2.55. The Hall–Kier alpha value is -1.79. The molecular formula is C14H25N3O4. The molecule has 7 nitrogen and oxygen atoms in total. The molecule has 0 aromatic heterocycles. The van der Waals surface area contributed by atoms with Crippen LogP contribution in [-0.2, 0) is 9.59 Å². The molecule has 3 N–H and O–H groups in total. The molecule has 0 aliphatic carbocycles. The van der Waals surface area contributed by atoms with Crippen molar-refractivity contribution in [3.8, 4) is 0 Å². The number of likely N-dealkylation sites (tertiary alicyclic amines) is 1. The molecule has 0 radical (unpaired) electrons. The van der Waals surface area contributed by atoms with E-state index in [1.165, 1.54) is 4.90 Å². The molecule has 1 aliphatic rings. The van der Waals surface area contributed by atoms with E-state index in [-0.39, 0.29) is 19.1 Å². The number of rotatable bonds is 6. The highest BCUT2D eigenvalue weighted by Gasteiger charge is 2.43. The van der Waals surface area contributed by atoms with Crippen LogP contribution in [0.5, 0.6) is 0 Å². The van der Waals surface area contributed by atoms with Gasteiger partial charge in [0.2, 0.25) is 5.91 Å². The van der Waals surface area contributed by atoms with E-state index in [0.29, 0.717) is 32.4 Å². The molecule has 1 unspecified atom stereocenters. The Balaban J connectivity index is 2.85. The summed E-state index contributed by atoms with van der Waals surface area (Å²) in [5.41, 5.74) is 4.27. The van der Waals surface area contributed by atoms with Crippen LogP contribution in [0.1, 0.15) is 39.5 Å². The van der Waals surface area contributed by atoms with Crippen molar-refractivity contribution >= 4 is 17.9 Å². The van der Waals surface area contributed by atoms with Gasteiger partial charge >= 0.3 is 12.0 Å². The van der Waals surface area contributed by atoms with Crippen LogP contribution in [0, 0.1) is 5.41 Å². The second kappa shape index (κ2) is 7.28. The van der Waals surface area contributed by atoms with Gasteiger partial charge in [0.15, 0.2) is 0 Å². The summed E-state index contributed by atoms with van der Waals surface area (Å²) in [5.74, 6) is -1.42. The van der Waals surface area contributed by atoms with E-state index in [4.69, 9.17) is 5.73 Å². The molecule has 0 aromatic rings. The Bertz CT molecular complexity index is 409. The minimum atomic E-state index is -0.866. The number of urea groups is 1. The fraction of sp³-hybridized carbons (Fsp3) is 0.786. The van der Waals surface area contributed by atoms with E-state index < -0.39 is 17.3 Å². The van der Waals surface area contributed by atoms with Crippen LogP contribution in [0.4, 0.5) is 4.79 Å². The fourth-order valence-corrected chi connectivity index (χ4v) is 2.96. The van der Waals surface area contributed by atoms with Crippen LogP contribution < -0.4 is 5.73 Å². The fourth-order valence-electron chi connectivity index (χ4n) is 2.96. The lowest BCUT2D eigenvalue weighted by Gasteiger charge is -2.41. The average molecular weight is 299 g/mol. The number of likely N-dealkylation sites (N-methyl/N-ethyl adjacent to an activating group) is 1. The maximum atomic E-state index is 12.4. The van der Waals surface area contributed by atoms with Crippen molar-refractivity contribution in [2.24, 2.45) is 11.1 Å². The zero-order valence-electron chi connectivity index (χ0n) is 12.8. The molecule has 0 bridgehead atoms. The Labute approximate surface area is 125 Å². The SMILES string of the molecule is CCCC1(C(=O)O)CCCN(C(=O)N(CC)CC(N)=O)C1. The van der Waals surface area contributed by atoms with Crippen LogP contribution in [0.15, 0.2) is 0 Å². The number of carboxylic acid groups (broad SMARTS) is 1.